The molecule has 0 saturated carbocycles. The lowest BCUT2D eigenvalue weighted by atomic mass is 9.90. The van der Waals surface area contributed by atoms with Crippen molar-refractivity contribution in [2.75, 3.05) is 26.2 Å². The second kappa shape index (κ2) is 14.1. The smallest absolute Gasteiger partial charge is 0.261 e. The largest absolute Gasteiger partial charge is 0.370 e. The summed E-state index contributed by atoms with van der Waals surface area (Å²) in [5.41, 5.74) is 13.4. The van der Waals surface area contributed by atoms with Crippen LogP contribution in [0.5, 0.6) is 0 Å². The number of thiophene rings is 1. The number of nitrogens with one attached hydrogen (secondary N) is 2. The molecular formula is C33H38N6O2S. The Hall–Kier alpha value is -4.21. The molecule has 2 amide bonds. The fourth-order valence-electron chi connectivity index (χ4n) is 5.53. The first-order valence-electron chi connectivity index (χ1n) is 14.4. The standard InChI is InChI=1S/C33H38N6O2S/c34-33(35)36-18-9-15-28-32(41)39(22-27(23-10-3-1-4-11-23)24-12-5-2-6-13-24)19-17-26(38-28)21-37-31(40)30-20-25-14-7-8-16-29(25)42-30/h1-8,10-14,16,20,26-28,38H,9,15,17-19,21-22H2,(H,37,40)(H4,34,35,36)/t26-,28-/m0/s1. The van der Waals surface area contributed by atoms with Crippen LogP contribution >= 0.6 is 11.3 Å². The summed E-state index contributed by atoms with van der Waals surface area (Å²) in [6.07, 6.45) is 1.98. The Morgan fingerprint density at radius 1 is 1.00 bits per heavy atom. The van der Waals surface area contributed by atoms with Crippen molar-refractivity contribution < 1.29 is 9.59 Å². The monoisotopic (exact) mass is 582 g/mol. The molecule has 8 nitrogen and oxygen atoms in total. The van der Waals surface area contributed by atoms with E-state index in [2.05, 4.69) is 39.9 Å². The van der Waals surface area contributed by atoms with Gasteiger partial charge in [-0.1, -0.05) is 78.9 Å². The minimum absolute atomic E-state index is 0.0443. The number of hydrogen-bond donors (Lipinski definition) is 4. The van der Waals surface area contributed by atoms with Gasteiger partial charge in [-0.25, -0.2) is 0 Å². The lowest BCUT2D eigenvalue weighted by Gasteiger charge is -2.29. The maximum atomic E-state index is 14.0. The van der Waals surface area contributed by atoms with Crippen molar-refractivity contribution in [3.8, 4) is 0 Å². The maximum absolute atomic E-state index is 14.0. The van der Waals surface area contributed by atoms with Crippen molar-refractivity contribution in [2.24, 2.45) is 16.5 Å². The second-order valence-electron chi connectivity index (χ2n) is 10.7. The van der Waals surface area contributed by atoms with Gasteiger partial charge in [-0.2, -0.15) is 0 Å². The molecular weight excluding hydrogens is 544 g/mol. The number of carbonyl (C=O) groups is 2. The van der Waals surface area contributed by atoms with Gasteiger partial charge < -0.3 is 27.0 Å². The summed E-state index contributed by atoms with van der Waals surface area (Å²) in [4.78, 5) is 33.8. The van der Waals surface area contributed by atoms with Gasteiger partial charge >= 0.3 is 0 Å². The van der Waals surface area contributed by atoms with Crippen LogP contribution in [0.15, 0.2) is 96.0 Å². The zero-order valence-corrected chi connectivity index (χ0v) is 24.4. The van der Waals surface area contributed by atoms with Crippen LogP contribution in [-0.4, -0.2) is 60.9 Å². The van der Waals surface area contributed by atoms with Crippen LogP contribution in [0.3, 0.4) is 0 Å². The molecule has 0 radical (unpaired) electrons. The zero-order valence-electron chi connectivity index (χ0n) is 23.6. The number of rotatable bonds is 11. The fraction of sp³-hybridized carbons (Fsp3) is 0.303. The molecule has 6 N–H and O–H groups in total. The highest BCUT2D eigenvalue weighted by Gasteiger charge is 2.32. The molecule has 3 aromatic carbocycles. The van der Waals surface area contributed by atoms with E-state index in [4.69, 9.17) is 11.5 Å². The van der Waals surface area contributed by atoms with Crippen LogP contribution in [0.4, 0.5) is 0 Å². The van der Waals surface area contributed by atoms with E-state index in [1.54, 1.807) is 0 Å². The number of nitrogens with zero attached hydrogens (tertiary/aromatic N) is 2. The van der Waals surface area contributed by atoms with Gasteiger partial charge in [-0.05, 0) is 47.9 Å². The molecule has 1 fully saturated rings. The number of hydrogen-bond acceptors (Lipinski definition) is 5. The quantitative estimate of drug-likeness (QED) is 0.121. The van der Waals surface area contributed by atoms with Gasteiger partial charge in [0.1, 0.15) is 0 Å². The van der Waals surface area contributed by atoms with Gasteiger partial charge in [0, 0.05) is 42.8 Å². The Morgan fingerprint density at radius 2 is 1.67 bits per heavy atom. The maximum Gasteiger partial charge on any atom is 0.261 e. The minimum Gasteiger partial charge on any atom is -0.370 e. The highest BCUT2D eigenvalue weighted by atomic mass is 32.1. The summed E-state index contributed by atoms with van der Waals surface area (Å²) in [5, 5.41) is 7.73. The van der Waals surface area contributed by atoms with E-state index in [-0.39, 0.29) is 29.7 Å². The molecule has 5 rings (SSSR count). The van der Waals surface area contributed by atoms with Crippen LogP contribution in [-0.2, 0) is 4.79 Å². The average molecular weight is 583 g/mol. The molecule has 9 heteroatoms. The first-order valence-corrected chi connectivity index (χ1v) is 15.3. The first-order chi connectivity index (χ1) is 20.5. The number of aliphatic imine (C=N–C) groups is 1. The molecule has 0 aliphatic carbocycles. The topological polar surface area (TPSA) is 126 Å². The molecule has 2 atom stereocenters. The lowest BCUT2D eigenvalue weighted by Crippen LogP contribution is -2.49. The van der Waals surface area contributed by atoms with Crippen molar-refractivity contribution in [2.45, 2.75) is 37.3 Å². The predicted octanol–water partition coefficient (Wildman–Crippen LogP) is 4.08. The summed E-state index contributed by atoms with van der Waals surface area (Å²) in [7, 11) is 0. The van der Waals surface area contributed by atoms with Crippen LogP contribution < -0.4 is 22.1 Å². The molecule has 1 aromatic heterocycles. The van der Waals surface area contributed by atoms with Crippen molar-refractivity contribution in [3.63, 3.8) is 0 Å². The second-order valence-corrected chi connectivity index (χ2v) is 11.8. The number of guanidine groups is 1. The fourth-order valence-corrected chi connectivity index (χ4v) is 6.50. The van der Waals surface area contributed by atoms with Gasteiger partial charge in [0.2, 0.25) is 5.91 Å². The molecule has 42 heavy (non-hydrogen) atoms. The van der Waals surface area contributed by atoms with Gasteiger partial charge in [-0.3, -0.25) is 14.6 Å². The van der Waals surface area contributed by atoms with Crippen molar-refractivity contribution in [1.82, 2.24) is 15.5 Å². The minimum atomic E-state index is -0.403. The van der Waals surface area contributed by atoms with Crippen LogP contribution in [0.2, 0.25) is 0 Å². The van der Waals surface area contributed by atoms with E-state index in [0.29, 0.717) is 43.9 Å². The molecule has 4 aromatic rings. The SMILES string of the molecule is NC(N)=NCCC[C@@H]1N[C@H](CNC(=O)c2cc3ccccc3s2)CCN(CC(c2ccccc2)c2ccccc2)C1=O. The van der Waals surface area contributed by atoms with Gasteiger partial charge in [0.05, 0.1) is 10.9 Å². The van der Waals surface area contributed by atoms with E-state index in [0.717, 1.165) is 16.5 Å². The molecule has 218 valence electrons. The number of amides is 2. The van der Waals surface area contributed by atoms with E-state index in [1.165, 1.54) is 22.5 Å². The van der Waals surface area contributed by atoms with Gasteiger partial charge in [0.15, 0.2) is 5.96 Å². The Kier molecular flexibility index (Phi) is 9.84. The Morgan fingerprint density at radius 3 is 2.33 bits per heavy atom. The third kappa shape index (κ3) is 7.54. The molecule has 0 bridgehead atoms. The van der Waals surface area contributed by atoms with Gasteiger partial charge in [-0.15, -0.1) is 11.3 Å². The van der Waals surface area contributed by atoms with E-state index in [1.807, 2.05) is 71.6 Å². The normalized spacial score (nSPS) is 17.3. The van der Waals surface area contributed by atoms with Crippen LogP contribution in [0.25, 0.3) is 10.1 Å². The number of fused-ring (bicyclic) bond motifs is 1. The molecule has 2 heterocycles. The third-order valence-electron chi connectivity index (χ3n) is 7.70. The van der Waals surface area contributed by atoms with Crippen LogP contribution in [0, 0.1) is 0 Å². The van der Waals surface area contributed by atoms with Crippen molar-refractivity contribution in [1.29, 1.82) is 0 Å². The van der Waals surface area contributed by atoms with E-state index >= 15 is 0 Å². The Balaban J connectivity index is 1.31. The highest BCUT2D eigenvalue weighted by Crippen LogP contribution is 2.28. The number of carbonyl (C=O) groups excluding carboxylic acids is 2. The molecule has 1 aliphatic rings. The van der Waals surface area contributed by atoms with Gasteiger partial charge in [0.25, 0.3) is 5.91 Å². The summed E-state index contributed by atoms with van der Waals surface area (Å²) in [6, 6.07) is 30.1. The molecule has 1 aliphatic heterocycles. The van der Waals surface area contributed by atoms with Crippen molar-refractivity contribution in [3.05, 3.63) is 107 Å². The summed E-state index contributed by atoms with van der Waals surface area (Å²) < 4.78 is 1.09. The van der Waals surface area contributed by atoms with E-state index < -0.39 is 6.04 Å². The number of benzene rings is 3. The molecule has 0 spiro atoms. The predicted molar refractivity (Wildman–Crippen MR) is 171 cm³/mol. The summed E-state index contributed by atoms with van der Waals surface area (Å²) in [5.74, 6) is 0.0628. The Labute approximate surface area is 250 Å². The third-order valence-corrected chi connectivity index (χ3v) is 8.82. The summed E-state index contributed by atoms with van der Waals surface area (Å²) in [6.45, 7) is 2.05. The lowest BCUT2D eigenvalue weighted by molar-refractivity contribution is -0.133. The molecule has 0 unspecified atom stereocenters. The zero-order chi connectivity index (χ0) is 29.3. The number of nitrogens with two attached hydrogens (primary N) is 2. The van der Waals surface area contributed by atoms with Crippen LogP contribution in [0.1, 0.15) is 46.0 Å². The molecule has 1 saturated heterocycles. The highest BCUT2D eigenvalue weighted by molar-refractivity contribution is 7.20. The Bertz CT molecular complexity index is 1430. The van der Waals surface area contributed by atoms with Crippen molar-refractivity contribution >= 4 is 39.2 Å². The average Bonchev–Trinajstić information content (AvgIpc) is 3.39. The first kappa shape index (κ1) is 29.3. The van der Waals surface area contributed by atoms with E-state index in [9.17, 15) is 9.59 Å². The summed E-state index contributed by atoms with van der Waals surface area (Å²) >= 11 is 1.49.